The van der Waals surface area contributed by atoms with E-state index in [-0.39, 0.29) is 21.4 Å². The molecule has 1 heterocycles. The van der Waals surface area contributed by atoms with E-state index in [1.54, 1.807) is 36.7 Å². The number of likely N-dealkylation sites (N-methyl/N-ethyl adjacent to an activating group) is 1. The molecule has 0 saturated carbocycles. The summed E-state index contributed by atoms with van der Waals surface area (Å²) in [4.78, 5) is 21.1. The van der Waals surface area contributed by atoms with Gasteiger partial charge in [0.05, 0.1) is 29.8 Å². The van der Waals surface area contributed by atoms with E-state index in [4.69, 9.17) is 21.1 Å². The Balaban J connectivity index is 2.22. The molecule has 194 valence electrons. The van der Waals surface area contributed by atoms with Crippen LogP contribution in [-0.2, 0) is 14.8 Å². The largest absolute Gasteiger partial charge is 0.493 e. The van der Waals surface area contributed by atoms with Gasteiger partial charge in [-0.3, -0.25) is 14.0 Å². The summed E-state index contributed by atoms with van der Waals surface area (Å²) in [6, 6.07) is 8.14. The smallest absolute Gasteiger partial charge is 0.265 e. The zero-order chi connectivity index (χ0) is 26.6. The lowest BCUT2D eigenvalue weighted by molar-refractivity contribution is -0.119. The van der Waals surface area contributed by atoms with E-state index in [1.165, 1.54) is 55.6 Å². The van der Waals surface area contributed by atoms with Gasteiger partial charge in [0.1, 0.15) is 6.04 Å². The molecule has 0 fully saturated rings. The Labute approximate surface area is 220 Å². The first-order valence-corrected chi connectivity index (χ1v) is 13.7. The number of nitrogens with zero attached hydrogens (tertiary/aromatic N) is 4. The average Bonchev–Trinajstić information content (AvgIpc) is 3.39. The molecule has 0 spiro atoms. The van der Waals surface area contributed by atoms with Gasteiger partial charge in [0.2, 0.25) is 0 Å². The van der Waals surface area contributed by atoms with Gasteiger partial charge in [-0.05, 0) is 44.2 Å². The van der Waals surface area contributed by atoms with Crippen LogP contribution in [0.25, 0.3) is 0 Å². The number of ether oxygens (including phenoxy) is 2. The Morgan fingerprint density at radius 2 is 1.81 bits per heavy atom. The number of aromatic nitrogens is 1. The van der Waals surface area contributed by atoms with Gasteiger partial charge in [0, 0.05) is 44.0 Å². The van der Waals surface area contributed by atoms with Crippen molar-refractivity contribution in [3.63, 3.8) is 0 Å². The fraction of sp³-hybridized carbons (Fsp3) is 0.333. The predicted octanol–water partition coefficient (Wildman–Crippen LogP) is 4.52. The monoisotopic (exact) mass is 552 g/mol. The zero-order valence-corrected chi connectivity index (χ0v) is 23.3. The molecule has 2 aromatic carbocycles. The van der Waals surface area contributed by atoms with Crippen molar-refractivity contribution in [2.45, 2.75) is 24.8 Å². The number of methoxy groups -OCH3 is 2. The number of sulfonamides is 1. The molecule has 1 unspecified atom stereocenters. The molecule has 1 atom stereocenters. The maximum Gasteiger partial charge on any atom is 0.265 e. The van der Waals surface area contributed by atoms with Gasteiger partial charge in [0.15, 0.2) is 16.6 Å². The van der Waals surface area contributed by atoms with E-state index < -0.39 is 22.0 Å². The van der Waals surface area contributed by atoms with E-state index in [0.29, 0.717) is 23.1 Å². The SMILES string of the molecule is CCN(C(=O)C(C)N(c1cc(N(C)C)ccc1Cl)S(=O)(=O)c1ccc(OC)c(OC)c1)c1nccs1. The van der Waals surface area contributed by atoms with Crippen molar-refractivity contribution in [1.82, 2.24) is 4.98 Å². The number of amides is 1. The lowest BCUT2D eigenvalue weighted by atomic mass is 10.2. The number of hydrogen-bond acceptors (Lipinski definition) is 8. The highest BCUT2D eigenvalue weighted by Crippen LogP contribution is 2.38. The number of hydrogen-bond donors (Lipinski definition) is 0. The highest BCUT2D eigenvalue weighted by Gasteiger charge is 2.37. The van der Waals surface area contributed by atoms with Gasteiger partial charge in [-0.1, -0.05) is 11.6 Å². The topological polar surface area (TPSA) is 92.3 Å². The first-order chi connectivity index (χ1) is 17.1. The molecule has 0 radical (unpaired) electrons. The molecule has 0 aliphatic heterocycles. The first kappa shape index (κ1) is 27.6. The van der Waals surface area contributed by atoms with Crippen molar-refractivity contribution in [1.29, 1.82) is 0 Å². The summed E-state index contributed by atoms with van der Waals surface area (Å²) in [5.74, 6) is 0.173. The minimum Gasteiger partial charge on any atom is -0.493 e. The highest BCUT2D eigenvalue weighted by molar-refractivity contribution is 7.93. The Bertz CT molecular complexity index is 1320. The zero-order valence-electron chi connectivity index (χ0n) is 20.9. The molecule has 36 heavy (non-hydrogen) atoms. The third-order valence-electron chi connectivity index (χ3n) is 5.54. The van der Waals surface area contributed by atoms with Crippen LogP contribution in [-0.4, -0.2) is 60.2 Å². The van der Waals surface area contributed by atoms with Gasteiger partial charge >= 0.3 is 0 Å². The molecule has 0 aliphatic carbocycles. The lowest BCUT2D eigenvalue weighted by Crippen LogP contribution is -2.50. The summed E-state index contributed by atoms with van der Waals surface area (Å²) >= 11 is 7.85. The molecule has 0 aliphatic rings. The third-order valence-corrected chi connectivity index (χ3v) is 8.53. The van der Waals surface area contributed by atoms with E-state index >= 15 is 0 Å². The molecule has 3 rings (SSSR count). The van der Waals surface area contributed by atoms with Crippen LogP contribution in [0, 0.1) is 0 Å². The Morgan fingerprint density at radius 1 is 1.11 bits per heavy atom. The van der Waals surface area contributed by atoms with Crippen LogP contribution in [0.5, 0.6) is 11.5 Å². The molecular weight excluding hydrogens is 524 g/mol. The Hall–Kier alpha value is -3.02. The van der Waals surface area contributed by atoms with E-state index in [9.17, 15) is 13.2 Å². The number of carbonyl (C=O) groups excluding carboxylic acids is 1. The fourth-order valence-electron chi connectivity index (χ4n) is 3.65. The summed E-state index contributed by atoms with van der Waals surface area (Å²) in [5.41, 5.74) is 0.891. The van der Waals surface area contributed by atoms with Crippen molar-refractivity contribution >= 4 is 55.4 Å². The number of carbonyl (C=O) groups is 1. The van der Waals surface area contributed by atoms with Crippen LogP contribution in [0.1, 0.15) is 13.8 Å². The third kappa shape index (κ3) is 5.37. The van der Waals surface area contributed by atoms with Crippen LogP contribution in [0.3, 0.4) is 0 Å². The summed E-state index contributed by atoms with van der Waals surface area (Å²) in [6.45, 7) is 3.65. The normalized spacial score (nSPS) is 12.1. The van der Waals surface area contributed by atoms with E-state index in [0.717, 1.165) is 4.31 Å². The molecule has 1 aromatic heterocycles. The minimum atomic E-state index is -4.30. The molecular formula is C24H29ClN4O5S2. The summed E-state index contributed by atoms with van der Waals surface area (Å²) in [5, 5.41) is 2.42. The van der Waals surface area contributed by atoms with Crippen LogP contribution in [0.15, 0.2) is 52.9 Å². The second kappa shape index (κ2) is 11.4. The van der Waals surface area contributed by atoms with Crippen LogP contribution >= 0.6 is 22.9 Å². The minimum absolute atomic E-state index is 0.0802. The van der Waals surface area contributed by atoms with Gasteiger partial charge in [0.25, 0.3) is 15.9 Å². The maximum absolute atomic E-state index is 14.2. The summed E-state index contributed by atoms with van der Waals surface area (Å²) < 4.78 is 39.9. The number of rotatable bonds is 10. The predicted molar refractivity (Wildman–Crippen MR) is 145 cm³/mol. The molecule has 1 amide bonds. The van der Waals surface area contributed by atoms with Crippen LogP contribution < -0.4 is 23.6 Å². The van der Waals surface area contributed by atoms with Crippen LogP contribution in [0.4, 0.5) is 16.5 Å². The lowest BCUT2D eigenvalue weighted by Gasteiger charge is -2.33. The molecule has 0 saturated heterocycles. The fourth-order valence-corrected chi connectivity index (χ4v) is 6.26. The van der Waals surface area contributed by atoms with Gasteiger partial charge < -0.3 is 14.4 Å². The highest BCUT2D eigenvalue weighted by atomic mass is 35.5. The second-order valence-corrected chi connectivity index (χ2v) is 11.0. The summed E-state index contributed by atoms with van der Waals surface area (Å²) in [7, 11) is 2.24. The van der Waals surface area contributed by atoms with Gasteiger partial charge in [-0.25, -0.2) is 13.4 Å². The maximum atomic E-state index is 14.2. The number of halogens is 1. The average molecular weight is 553 g/mol. The van der Waals surface area contributed by atoms with Crippen molar-refractivity contribution in [2.24, 2.45) is 0 Å². The van der Waals surface area contributed by atoms with Gasteiger partial charge in [-0.15, -0.1) is 11.3 Å². The van der Waals surface area contributed by atoms with Crippen molar-refractivity contribution in [2.75, 3.05) is 49.0 Å². The molecule has 9 nitrogen and oxygen atoms in total. The number of benzene rings is 2. The standard InChI is InChI=1S/C24H29ClN4O5S2/c1-7-28(24-26-12-13-35-24)23(30)16(2)29(20-14-17(27(3)4)8-10-19(20)25)36(31,32)18-9-11-21(33-5)22(15-18)34-6/h8-16H,7H2,1-6H3. The van der Waals surface area contributed by atoms with E-state index in [1.807, 2.05) is 19.0 Å². The number of thiazole rings is 1. The van der Waals surface area contributed by atoms with Gasteiger partial charge in [-0.2, -0.15) is 0 Å². The number of anilines is 3. The molecule has 3 aromatic rings. The quantitative estimate of drug-likeness (QED) is 0.365. The van der Waals surface area contributed by atoms with Crippen molar-refractivity contribution < 1.29 is 22.7 Å². The molecule has 0 bridgehead atoms. The summed E-state index contributed by atoms with van der Waals surface area (Å²) in [6.07, 6.45) is 1.59. The first-order valence-electron chi connectivity index (χ1n) is 11.0. The van der Waals surface area contributed by atoms with E-state index in [2.05, 4.69) is 4.98 Å². The second-order valence-electron chi connectivity index (χ2n) is 7.92. The van der Waals surface area contributed by atoms with Crippen molar-refractivity contribution in [3.8, 4) is 11.5 Å². The molecule has 12 heteroatoms. The Kier molecular flexibility index (Phi) is 8.70. The van der Waals surface area contributed by atoms with Crippen molar-refractivity contribution in [3.05, 3.63) is 53.0 Å². The Morgan fingerprint density at radius 3 is 2.36 bits per heavy atom. The molecule has 0 N–H and O–H groups in total. The van der Waals surface area contributed by atoms with Crippen LogP contribution in [0.2, 0.25) is 5.02 Å².